The van der Waals surface area contributed by atoms with Crippen LogP contribution in [0.1, 0.15) is 0 Å². The van der Waals surface area contributed by atoms with Gasteiger partial charge >= 0.3 is 0 Å². The maximum absolute atomic E-state index is 4.71. The second-order valence-electron chi connectivity index (χ2n) is 7.31. The molecule has 2 heterocycles. The summed E-state index contributed by atoms with van der Waals surface area (Å²) in [6, 6.07) is 34.6. The Labute approximate surface area is 172 Å². The fourth-order valence-corrected chi connectivity index (χ4v) is 5.11. The van der Waals surface area contributed by atoms with E-state index < -0.39 is 0 Å². The van der Waals surface area contributed by atoms with Gasteiger partial charge in [-0.15, -0.1) is 11.3 Å². The molecule has 0 unspecified atom stereocenters. The van der Waals surface area contributed by atoms with Crippen LogP contribution in [0.15, 0.2) is 103 Å². The van der Waals surface area contributed by atoms with Gasteiger partial charge in [0.25, 0.3) is 0 Å². The Bertz CT molecular complexity index is 1500. The second kappa shape index (κ2) is 6.54. The van der Waals surface area contributed by atoms with Gasteiger partial charge in [0.2, 0.25) is 0 Å². The first-order chi connectivity index (χ1) is 14.3. The van der Waals surface area contributed by atoms with Crippen molar-refractivity contribution in [3.63, 3.8) is 0 Å². The summed E-state index contributed by atoms with van der Waals surface area (Å²) in [4.78, 5) is 4.71. The third-order valence-corrected chi connectivity index (χ3v) is 6.64. The Morgan fingerprint density at radius 3 is 2.21 bits per heavy atom. The first kappa shape index (κ1) is 16.5. The number of pyridine rings is 1. The number of aromatic nitrogens is 1. The lowest BCUT2D eigenvalue weighted by atomic mass is 10.0. The highest BCUT2D eigenvalue weighted by Crippen LogP contribution is 2.38. The largest absolute Gasteiger partial charge is 0.256 e. The van der Waals surface area contributed by atoms with Crippen molar-refractivity contribution >= 4 is 42.3 Å². The van der Waals surface area contributed by atoms with E-state index in [0.29, 0.717) is 0 Å². The first-order valence-electron chi connectivity index (χ1n) is 9.72. The van der Waals surface area contributed by atoms with E-state index >= 15 is 0 Å². The lowest BCUT2D eigenvalue weighted by Crippen LogP contribution is -1.84. The van der Waals surface area contributed by atoms with Crippen LogP contribution in [0.4, 0.5) is 0 Å². The molecule has 1 nitrogen and oxygen atoms in total. The van der Waals surface area contributed by atoms with Gasteiger partial charge in [-0.25, -0.2) is 0 Å². The van der Waals surface area contributed by atoms with Crippen LogP contribution in [0.3, 0.4) is 0 Å². The van der Waals surface area contributed by atoms with Crippen LogP contribution < -0.4 is 0 Å². The van der Waals surface area contributed by atoms with Crippen LogP contribution in [0, 0.1) is 0 Å². The smallest absolute Gasteiger partial charge is 0.0708 e. The molecule has 2 heteroatoms. The Morgan fingerprint density at radius 2 is 1.31 bits per heavy atom. The summed E-state index contributed by atoms with van der Waals surface area (Å²) >= 11 is 1.86. The molecule has 0 fully saturated rings. The van der Waals surface area contributed by atoms with E-state index in [0.717, 1.165) is 11.3 Å². The summed E-state index contributed by atoms with van der Waals surface area (Å²) in [5.41, 5.74) is 4.70. The van der Waals surface area contributed by atoms with Gasteiger partial charge in [0, 0.05) is 37.3 Å². The molecule has 0 saturated heterocycles. The van der Waals surface area contributed by atoms with Gasteiger partial charge in [-0.1, -0.05) is 72.8 Å². The molecule has 29 heavy (non-hydrogen) atoms. The molecule has 0 bridgehead atoms. The first-order valence-corrected chi connectivity index (χ1v) is 10.5. The Kier molecular flexibility index (Phi) is 3.71. The number of benzene rings is 4. The van der Waals surface area contributed by atoms with E-state index in [-0.39, 0.29) is 0 Å². The highest BCUT2D eigenvalue weighted by atomic mass is 32.1. The SMILES string of the molecule is c1ccc(-c2ccc3c(c2)sc2ccc(-c4cc5ccccc5cn4)cc23)cc1. The zero-order valence-corrected chi connectivity index (χ0v) is 16.5. The van der Waals surface area contributed by atoms with Gasteiger partial charge in [0.05, 0.1) is 5.69 Å². The summed E-state index contributed by atoms with van der Waals surface area (Å²) < 4.78 is 2.64. The molecule has 6 aromatic rings. The molecule has 4 aromatic carbocycles. The zero-order chi connectivity index (χ0) is 19.2. The third kappa shape index (κ3) is 2.81. The Morgan fingerprint density at radius 1 is 0.517 bits per heavy atom. The van der Waals surface area contributed by atoms with E-state index in [1.54, 1.807) is 0 Å². The maximum atomic E-state index is 4.71. The van der Waals surface area contributed by atoms with Crippen molar-refractivity contribution in [2.24, 2.45) is 0 Å². The molecule has 2 aromatic heterocycles. The molecular weight excluding hydrogens is 370 g/mol. The van der Waals surface area contributed by atoms with Crippen molar-refractivity contribution in [2.45, 2.75) is 0 Å². The highest BCUT2D eigenvalue weighted by Gasteiger charge is 2.09. The van der Waals surface area contributed by atoms with Crippen molar-refractivity contribution in [1.82, 2.24) is 4.98 Å². The molecule has 0 aliphatic rings. The van der Waals surface area contributed by atoms with Gasteiger partial charge in [0.1, 0.15) is 0 Å². The predicted octanol–water partition coefficient (Wildman–Crippen LogP) is 7.94. The van der Waals surface area contributed by atoms with E-state index in [9.17, 15) is 0 Å². The van der Waals surface area contributed by atoms with Crippen molar-refractivity contribution in [2.75, 3.05) is 0 Å². The molecule has 0 saturated carbocycles. The highest BCUT2D eigenvalue weighted by molar-refractivity contribution is 7.25. The van der Waals surface area contributed by atoms with E-state index in [1.165, 1.54) is 42.1 Å². The van der Waals surface area contributed by atoms with E-state index in [1.807, 2.05) is 17.5 Å². The normalized spacial score (nSPS) is 11.4. The Hall–Kier alpha value is -3.49. The maximum Gasteiger partial charge on any atom is 0.0708 e. The molecule has 0 amide bonds. The Balaban J connectivity index is 1.50. The zero-order valence-electron chi connectivity index (χ0n) is 15.7. The molecular formula is C27H17NS. The van der Waals surface area contributed by atoms with E-state index in [2.05, 4.69) is 97.1 Å². The fourth-order valence-electron chi connectivity index (χ4n) is 3.99. The van der Waals surface area contributed by atoms with Crippen LogP contribution in [-0.2, 0) is 0 Å². The summed E-state index contributed by atoms with van der Waals surface area (Å²) in [6.07, 6.45) is 1.97. The fraction of sp³-hybridized carbons (Fsp3) is 0. The van der Waals surface area contributed by atoms with Crippen molar-refractivity contribution in [3.05, 3.63) is 103 Å². The molecule has 0 aliphatic carbocycles. The molecule has 0 atom stereocenters. The number of rotatable bonds is 2. The van der Waals surface area contributed by atoms with Gasteiger partial charge < -0.3 is 0 Å². The van der Waals surface area contributed by atoms with Gasteiger partial charge in [0.15, 0.2) is 0 Å². The van der Waals surface area contributed by atoms with Crippen molar-refractivity contribution in [1.29, 1.82) is 0 Å². The topological polar surface area (TPSA) is 12.9 Å². The summed E-state index contributed by atoms with van der Waals surface area (Å²) in [6.45, 7) is 0. The molecule has 0 spiro atoms. The molecule has 6 rings (SSSR count). The molecule has 0 aliphatic heterocycles. The molecule has 136 valence electrons. The van der Waals surface area contributed by atoms with Crippen LogP contribution in [0.2, 0.25) is 0 Å². The van der Waals surface area contributed by atoms with E-state index in [4.69, 9.17) is 4.98 Å². The predicted molar refractivity (Wildman–Crippen MR) is 126 cm³/mol. The quantitative estimate of drug-likeness (QED) is 0.294. The minimum Gasteiger partial charge on any atom is -0.256 e. The molecule has 0 radical (unpaired) electrons. The standard InChI is InChI=1S/C27H17NS/c1-2-6-18(7-3-1)20-10-12-23-24-14-21(11-13-26(24)29-27(23)16-20)25-15-19-8-4-5-9-22(19)17-28-25/h1-17H. The third-order valence-electron chi connectivity index (χ3n) is 5.51. The van der Waals surface area contributed by atoms with Crippen molar-refractivity contribution in [3.8, 4) is 22.4 Å². The lowest BCUT2D eigenvalue weighted by Gasteiger charge is -2.04. The number of nitrogens with zero attached hydrogens (tertiary/aromatic N) is 1. The summed E-state index contributed by atoms with van der Waals surface area (Å²) in [5, 5.41) is 5.01. The number of fused-ring (bicyclic) bond motifs is 4. The van der Waals surface area contributed by atoms with Crippen molar-refractivity contribution < 1.29 is 0 Å². The minimum atomic E-state index is 1.02. The van der Waals surface area contributed by atoms with Crippen LogP contribution in [0.25, 0.3) is 53.3 Å². The molecule has 0 N–H and O–H groups in total. The second-order valence-corrected chi connectivity index (χ2v) is 8.39. The minimum absolute atomic E-state index is 1.02. The number of hydrogen-bond acceptors (Lipinski definition) is 2. The van der Waals surface area contributed by atoms with Gasteiger partial charge in [-0.2, -0.15) is 0 Å². The lowest BCUT2D eigenvalue weighted by molar-refractivity contribution is 1.36. The van der Waals surface area contributed by atoms with Crippen LogP contribution >= 0.6 is 11.3 Å². The summed E-state index contributed by atoms with van der Waals surface area (Å²) in [7, 11) is 0. The number of thiophene rings is 1. The van der Waals surface area contributed by atoms with Crippen LogP contribution in [0.5, 0.6) is 0 Å². The average Bonchev–Trinajstić information content (AvgIpc) is 3.16. The monoisotopic (exact) mass is 387 g/mol. The van der Waals surface area contributed by atoms with Gasteiger partial charge in [-0.05, 0) is 40.8 Å². The van der Waals surface area contributed by atoms with Gasteiger partial charge in [-0.3, -0.25) is 4.98 Å². The summed E-state index contributed by atoms with van der Waals surface area (Å²) in [5.74, 6) is 0. The number of hydrogen-bond donors (Lipinski definition) is 0. The van der Waals surface area contributed by atoms with Crippen LogP contribution in [-0.4, -0.2) is 4.98 Å². The average molecular weight is 388 g/mol.